The number of amides is 1. The molecular formula is C25H25N5O. The lowest BCUT2D eigenvalue weighted by atomic mass is 10.1. The first kappa shape index (κ1) is 19.5. The van der Waals surface area contributed by atoms with Gasteiger partial charge in [0.05, 0.1) is 11.9 Å². The number of piperazine rings is 1. The van der Waals surface area contributed by atoms with Gasteiger partial charge in [-0.3, -0.25) is 9.69 Å². The maximum absolute atomic E-state index is 13.2. The molecule has 156 valence electrons. The van der Waals surface area contributed by atoms with Crippen LogP contribution in [-0.4, -0.2) is 56.5 Å². The molecule has 4 aromatic rings. The number of aryl methyl sites for hydroxylation is 1. The summed E-state index contributed by atoms with van der Waals surface area (Å²) in [6.45, 7) is 6.13. The lowest BCUT2D eigenvalue weighted by molar-refractivity contribution is 0.0630. The van der Waals surface area contributed by atoms with Gasteiger partial charge in [0.15, 0.2) is 5.65 Å². The SMILES string of the molecule is Cc1ccc(-c2ccnc3c(C(=O)N4CCN(Cc5ccccc5)CC4)cnn23)cc1. The summed E-state index contributed by atoms with van der Waals surface area (Å²) < 4.78 is 1.77. The smallest absolute Gasteiger partial charge is 0.259 e. The molecule has 1 aliphatic rings. The molecule has 1 fully saturated rings. The van der Waals surface area contributed by atoms with Gasteiger partial charge in [-0.25, -0.2) is 9.50 Å². The van der Waals surface area contributed by atoms with Gasteiger partial charge in [-0.2, -0.15) is 5.10 Å². The van der Waals surface area contributed by atoms with Crippen molar-refractivity contribution in [3.8, 4) is 11.3 Å². The van der Waals surface area contributed by atoms with Crippen LogP contribution in [0, 0.1) is 6.92 Å². The number of aromatic nitrogens is 3. The highest BCUT2D eigenvalue weighted by atomic mass is 16.2. The van der Waals surface area contributed by atoms with E-state index in [0.29, 0.717) is 24.3 Å². The number of hydrogen-bond acceptors (Lipinski definition) is 4. The minimum atomic E-state index is 0.00270. The molecule has 0 bridgehead atoms. The molecule has 6 nitrogen and oxygen atoms in total. The molecule has 5 rings (SSSR count). The van der Waals surface area contributed by atoms with E-state index in [9.17, 15) is 4.79 Å². The quantitative estimate of drug-likeness (QED) is 0.514. The predicted molar refractivity (Wildman–Crippen MR) is 121 cm³/mol. The Hall–Kier alpha value is -3.51. The first-order valence-electron chi connectivity index (χ1n) is 10.6. The van der Waals surface area contributed by atoms with Crippen LogP contribution in [0.15, 0.2) is 73.1 Å². The highest BCUT2D eigenvalue weighted by Crippen LogP contribution is 2.22. The summed E-state index contributed by atoms with van der Waals surface area (Å²) in [7, 11) is 0. The summed E-state index contributed by atoms with van der Waals surface area (Å²) >= 11 is 0. The number of benzene rings is 2. The third-order valence-electron chi connectivity index (χ3n) is 5.89. The summed E-state index contributed by atoms with van der Waals surface area (Å²) in [6.07, 6.45) is 3.40. The number of rotatable bonds is 4. The van der Waals surface area contributed by atoms with Crippen molar-refractivity contribution in [3.05, 3.63) is 89.7 Å². The van der Waals surface area contributed by atoms with Crippen molar-refractivity contribution in [1.29, 1.82) is 0 Å². The van der Waals surface area contributed by atoms with Gasteiger partial charge in [0.1, 0.15) is 5.56 Å². The minimum Gasteiger partial charge on any atom is -0.336 e. The fourth-order valence-electron chi connectivity index (χ4n) is 4.11. The summed E-state index contributed by atoms with van der Waals surface area (Å²) in [4.78, 5) is 22.0. The summed E-state index contributed by atoms with van der Waals surface area (Å²) in [5.74, 6) is 0.00270. The van der Waals surface area contributed by atoms with Crippen molar-refractivity contribution in [2.75, 3.05) is 26.2 Å². The number of fused-ring (bicyclic) bond motifs is 1. The Kier molecular flexibility index (Phi) is 5.22. The third kappa shape index (κ3) is 3.94. The molecule has 1 saturated heterocycles. The zero-order valence-corrected chi connectivity index (χ0v) is 17.6. The van der Waals surface area contributed by atoms with Gasteiger partial charge in [0.2, 0.25) is 0 Å². The van der Waals surface area contributed by atoms with E-state index in [4.69, 9.17) is 0 Å². The lowest BCUT2D eigenvalue weighted by Gasteiger charge is -2.34. The van der Waals surface area contributed by atoms with E-state index in [1.54, 1.807) is 16.9 Å². The van der Waals surface area contributed by atoms with E-state index in [1.165, 1.54) is 11.1 Å². The van der Waals surface area contributed by atoms with Crippen molar-refractivity contribution in [3.63, 3.8) is 0 Å². The number of carbonyl (C=O) groups is 1. The largest absolute Gasteiger partial charge is 0.336 e. The topological polar surface area (TPSA) is 53.7 Å². The molecule has 0 radical (unpaired) electrons. The van der Waals surface area contributed by atoms with Crippen LogP contribution in [0.2, 0.25) is 0 Å². The van der Waals surface area contributed by atoms with Gasteiger partial charge in [-0.15, -0.1) is 0 Å². The molecule has 0 atom stereocenters. The second-order valence-corrected chi connectivity index (χ2v) is 8.04. The molecule has 1 amide bonds. The van der Waals surface area contributed by atoms with Gasteiger partial charge >= 0.3 is 0 Å². The van der Waals surface area contributed by atoms with Gasteiger partial charge in [0.25, 0.3) is 5.91 Å². The standard InChI is InChI=1S/C25H25N5O/c1-19-7-9-21(10-8-19)23-11-12-26-24-22(17-27-30(23)24)25(31)29-15-13-28(14-16-29)18-20-5-3-2-4-6-20/h2-12,17H,13-16,18H2,1H3. The molecule has 0 saturated carbocycles. The van der Waals surface area contributed by atoms with Crippen LogP contribution in [0.4, 0.5) is 0 Å². The number of hydrogen-bond donors (Lipinski definition) is 0. The fourth-order valence-corrected chi connectivity index (χ4v) is 4.11. The predicted octanol–water partition coefficient (Wildman–Crippen LogP) is 3.66. The Labute approximate surface area is 181 Å². The van der Waals surface area contributed by atoms with E-state index in [2.05, 4.69) is 70.4 Å². The highest BCUT2D eigenvalue weighted by molar-refractivity contribution is 6.00. The molecule has 0 unspecified atom stereocenters. The van der Waals surface area contributed by atoms with Crippen molar-refractivity contribution >= 4 is 11.6 Å². The molecule has 31 heavy (non-hydrogen) atoms. The van der Waals surface area contributed by atoms with Crippen LogP contribution in [0.3, 0.4) is 0 Å². The molecule has 1 aliphatic heterocycles. The van der Waals surface area contributed by atoms with Crippen LogP contribution in [0.25, 0.3) is 16.9 Å². The highest BCUT2D eigenvalue weighted by Gasteiger charge is 2.25. The third-order valence-corrected chi connectivity index (χ3v) is 5.89. The molecule has 2 aromatic carbocycles. The Morgan fingerprint density at radius 3 is 2.42 bits per heavy atom. The zero-order chi connectivity index (χ0) is 21.2. The van der Waals surface area contributed by atoms with Crippen molar-refractivity contribution in [2.45, 2.75) is 13.5 Å². The van der Waals surface area contributed by atoms with Crippen molar-refractivity contribution in [2.24, 2.45) is 0 Å². The van der Waals surface area contributed by atoms with Crippen LogP contribution in [0.1, 0.15) is 21.5 Å². The molecule has 0 aliphatic carbocycles. The van der Waals surface area contributed by atoms with Gasteiger partial charge in [-0.05, 0) is 18.6 Å². The summed E-state index contributed by atoms with van der Waals surface area (Å²) in [5, 5.41) is 4.50. The van der Waals surface area contributed by atoms with E-state index in [0.717, 1.165) is 30.9 Å². The van der Waals surface area contributed by atoms with E-state index < -0.39 is 0 Å². The normalized spacial score (nSPS) is 14.8. The van der Waals surface area contributed by atoms with E-state index in [-0.39, 0.29) is 5.91 Å². The van der Waals surface area contributed by atoms with Crippen LogP contribution in [-0.2, 0) is 6.54 Å². The van der Waals surface area contributed by atoms with Gasteiger partial charge < -0.3 is 4.90 Å². The van der Waals surface area contributed by atoms with E-state index in [1.807, 2.05) is 17.0 Å². The summed E-state index contributed by atoms with van der Waals surface area (Å²) in [5.41, 5.74) is 5.65. The maximum Gasteiger partial charge on any atom is 0.259 e. The first-order chi connectivity index (χ1) is 15.2. The zero-order valence-electron chi connectivity index (χ0n) is 17.6. The Balaban J connectivity index is 1.33. The number of carbonyl (C=O) groups excluding carboxylic acids is 1. The lowest BCUT2D eigenvalue weighted by Crippen LogP contribution is -2.48. The Morgan fingerprint density at radius 1 is 0.935 bits per heavy atom. The molecule has 0 N–H and O–H groups in total. The monoisotopic (exact) mass is 411 g/mol. The molecule has 2 aromatic heterocycles. The maximum atomic E-state index is 13.2. The molecule has 0 spiro atoms. The average molecular weight is 412 g/mol. The van der Waals surface area contributed by atoms with Crippen LogP contribution in [0.5, 0.6) is 0 Å². The molecule has 6 heteroatoms. The first-order valence-corrected chi connectivity index (χ1v) is 10.6. The van der Waals surface area contributed by atoms with Crippen LogP contribution < -0.4 is 0 Å². The van der Waals surface area contributed by atoms with Crippen LogP contribution >= 0.6 is 0 Å². The summed E-state index contributed by atoms with van der Waals surface area (Å²) in [6, 6.07) is 20.7. The van der Waals surface area contributed by atoms with E-state index >= 15 is 0 Å². The molecular weight excluding hydrogens is 386 g/mol. The average Bonchev–Trinajstić information content (AvgIpc) is 3.25. The second kappa shape index (κ2) is 8.32. The Morgan fingerprint density at radius 2 is 1.68 bits per heavy atom. The fraction of sp³-hybridized carbons (Fsp3) is 0.240. The van der Waals surface area contributed by atoms with Gasteiger partial charge in [0, 0.05) is 44.5 Å². The number of nitrogens with zero attached hydrogens (tertiary/aromatic N) is 5. The van der Waals surface area contributed by atoms with Crippen molar-refractivity contribution in [1.82, 2.24) is 24.4 Å². The second-order valence-electron chi connectivity index (χ2n) is 8.04. The van der Waals surface area contributed by atoms with Crippen molar-refractivity contribution < 1.29 is 4.79 Å². The molecule has 3 heterocycles. The van der Waals surface area contributed by atoms with Gasteiger partial charge in [-0.1, -0.05) is 60.2 Å². The minimum absolute atomic E-state index is 0.00270. The Bertz CT molecular complexity index is 1190.